The van der Waals surface area contributed by atoms with E-state index in [1.165, 1.54) is 17.1 Å². The van der Waals surface area contributed by atoms with E-state index < -0.39 is 10.0 Å². The summed E-state index contributed by atoms with van der Waals surface area (Å²) in [6.07, 6.45) is 3.28. The highest BCUT2D eigenvalue weighted by atomic mass is 32.2. The van der Waals surface area contributed by atoms with Crippen molar-refractivity contribution in [2.75, 3.05) is 32.7 Å². The summed E-state index contributed by atoms with van der Waals surface area (Å²) >= 11 is 0. The van der Waals surface area contributed by atoms with Crippen molar-refractivity contribution in [3.05, 3.63) is 52.8 Å². The maximum Gasteiger partial charge on any atom is 0.243 e. The van der Waals surface area contributed by atoms with E-state index in [4.69, 9.17) is 0 Å². The predicted molar refractivity (Wildman–Crippen MR) is 118 cm³/mol. The van der Waals surface area contributed by atoms with Gasteiger partial charge in [-0.1, -0.05) is 19.1 Å². The van der Waals surface area contributed by atoms with Gasteiger partial charge in [0, 0.05) is 49.2 Å². The quantitative estimate of drug-likeness (QED) is 0.634. The van der Waals surface area contributed by atoms with Crippen molar-refractivity contribution in [1.82, 2.24) is 13.8 Å². The number of aryl methyl sites for hydroxylation is 2. The molecule has 0 amide bonds. The topological polar surface area (TPSA) is 62.6 Å². The standard InChI is InChI=1S/C23H31N3O3S/c1-4-19-5-9-21(10-6-19)30(28,29)25-13-11-24(12-14-25)16-23(27)22-15-17(2)26(18(22)3)20-7-8-20/h5-6,9-10,15,20H,4,7-8,11-14,16H2,1-3H3. The molecule has 1 aliphatic carbocycles. The second-order valence-electron chi connectivity index (χ2n) is 8.49. The van der Waals surface area contributed by atoms with Crippen LogP contribution in [0, 0.1) is 13.8 Å². The molecule has 2 heterocycles. The first kappa shape index (κ1) is 21.3. The van der Waals surface area contributed by atoms with Crippen LogP contribution in [0.5, 0.6) is 0 Å². The molecular weight excluding hydrogens is 398 g/mol. The zero-order valence-corrected chi connectivity index (χ0v) is 18.9. The number of rotatable bonds is 7. The normalized spacial score (nSPS) is 18.6. The molecule has 1 saturated heterocycles. The summed E-state index contributed by atoms with van der Waals surface area (Å²) in [7, 11) is -3.48. The molecule has 1 aliphatic heterocycles. The number of carbonyl (C=O) groups excluding carboxylic acids is 1. The highest BCUT2D eigenvalue weighted by molar-refractivity contribution is 7.89. The van der Waals surface area contributed by atoms with Gasteiger partial charge in [0.1, 0.15) is 0 Å². The molecule has 7 heteroatoms. The van der Waals surface area contributed by atoms with E-state index in [0.717, 1.165) is 28.9 Å². The zero-order chi connectivity index (χ0) is 21.5. The molecule has 0 radical (unpaired) electrons. The minimum atomic E-state index is -3.48. The molecule has 162 valence electrons. The van der Waals surface area contributed by atoms with E-state index in [-0.39, 0.29) is 5.78 Å². The van der Waals surface area contributed by atoms with Crippen LogP contribution in [-0.4, -0.2) is 60.7 Å². The van der Waals surface area contributed by atoms with Gasteiger partial charge in [-0.05, 0) is 56.9 Å². The lowest BCUT2D eigenvalue weighted by Crippen LogP contribution is -2.49. The lowest BCUT2D eigenvalue weighted by Gasteiger charge is -2.33. The summed E-state index contributed by atoms with van der Waals surface area (Å²) in [6, 6.07) is 9.71. The molecule has 0 atom stereocenters. The van der Waals surface area contributed by atoms with Gasteiger partial charge >= 0.3 is 0 Å². The maximum absolute atomic E-state index is 12.9. The van der Waals surface area contributed by atoms with Gasteiger partial charge in [-0.3, -0.25) is 9.69 Å². The van der Waals surface area contributed by atoms with Gasteiger partial charge in [0.25, 0.3) is 0 Å². The van der Waals surface area contributed by atoms with Crippen LogP contribution in [0.4, 0.5) is 0 Å². The Morgan fingerprint density at radius 3 is 2.23 bits per heavy atom. The number of Topliss-reactive ketones (excluding diaryl/α,β-unsaturated/α-hetero) is 1. The average molecular weight is 430 g/mol. The Morgan fingerprint density at radius 2 is 1.67 bits per heavy atom. The Balaban J connectivity index is 1.37. The number of nitrogens with zero attached hydrogens (tertiary/aromatic N) is 3. The number of hydrogen-bond acceptors (Lipinski definition) is 4. The number of carbonyl (C=O) groups is 1. The Kier molecular flexibility index (Phi) is 5.88. The first-order chi connectivity index (χ1) is 14.3. The fourth-order valence-electron chi connectivity index (χ4n) is 4.42. The molecule has 0 spiro atoms. The Labute approximate surface area is 179 Å². The number of sulfonamides is 1. The fraction of sp³-hybridized carbons (Fsp3) is 0.522. The van der Waals surface area contributed by atoms with Crippen molar-refractivity contribution in [2.45, 2.75) is 51.0 Å². The highest BCUT2D eigenvalue weighted by Gasteiger charge is 2.31. The van der Waals surface area contributed by atoms with E-state index >= 15 is 0 Å². The van der Waals surface area contributed by atoms with Gasteiger partial charge in [0.15, 0.2) is 5.78 Å². The molecule has 1 aromatic carbocycles. The molecule has 4 rings (SSSR count). The fourth-order valence-corrected chi connectivity index (χ4v) is 5.84. The third kappa shape index (κ3) is 4.11. The number of benzene rings is 1. The summed E-state index contributed by atoms with van der Waals surface area (Å²) in [5.41, 5.74) is 4.16. The van der Waals surface area contributed by atoms with Crippen molar-refractivity contribution < 1.29 is 13.2 Å². The summed E-state index contributed by atoms with van der Waals surface area (Å²) in [5, 5.41) is 0. The van der Waals surface area contributed by atoms with Crippen LogP contribution in [0.15, 0.2) is 35.2 Å². The molecule has 2 fully saturated rings. The Morgan fingerprint density at radius 1 is 1.03 bits per heavy atom. The van der Waals surface area contributed by atoms with Gasteiger partial charge in [-0.15, -0.1) is 0 Å². The molecule has 6 nitrogen and oxygen atoms in total. The molecular formula is C23H31N3O3S. The van der Waals surface area contributed by atoms with Gasteiger partial charge in [0.2, 0.25) is 10.0 Å². The van der Waals surface area contributed by atoms with Crippen LogP contribution in [0.3, 0.4) is 0 Å². The molecule has 1 aromatic heterocycles. The minimum Gasteiger partial charge on any atom is -0.345 e. The van der Waals surface area contributed by atoms with Crippen LogP contribution in [0.25, 0.3) is 0 Å². The van der Waals surface area contributed by atoms with Crippen molar-refractivity contribution in [2.24, 2.45) is 0 Å². The SMILES string of the molecule is CCc1ccc(S(=O)(=O)N2CCN(CC(=O)c3cc(C)n(C4CC4)c3C)CC2)cc1. The average Bonchev–Trinajstić information content (AvgIpc) is 3.52. The largest absolute Gasteiger partial charge is 0.345 e. The third-order valence-corrected chi connectivity index (χ3v) is 8.28. The lowest BCUT2D eigenvalue weighted by atomic mass is 10.1. The Bertz CT molecular complexity index is 1030. The molecule has 30 heavy (non-hydrogen) atoms. The van der Waals surface area contributed by atoms with Crippen molar-refractivity contribution >= 4 is 15.8 Å². The van der Waals surface area contributed by atoms with Gasteiger partial charge in [-0.25, -0.2) is 8.42 Å². The van der Waals surface area contributed by atoms with Crippen LogP contribution >= 0.6 is 0 Å². The summed E-state index contributed by atoms with van der Waals surface area (Å²) < 4.78 is 29.7. The van der Waals surface area contributed by atoms with Crippen LogP contribution in [-0.2, 0) is 16.4 Å². The van der Waals surface area contributed by atoms with E-state index in [1.54, 1.807) is 12.1 Å². The smallest absolute Gasteiger partial charge is 0.243 e. The second kappa shape index (κ2) is 8.29. The van der Waals surface area contributed by atoms with E-state index in [2.05, 4.69) is 16.4 Å². The molecule has 2 aliphatic rings. The van der Waals surface area contributed by atoms with Crippen molar-refractivity contribution in [3.63, 3.8) is 0 Å². The first-order valence-electron chi connectivity index (χ1n) is 10.8. The number of piperazine rings is 1. The summed E-state index contributed by atoms with van der Waals surface area (Å²) in [5.74, 6) is 0.126. The first-order valence-corrected chi connectivity index (χ1v) is 12.3. The number of hydrogen-bond donors (Lipinski definition) is 0. The van der Waals surface area contributed by atoms with Crippen LogP contribution in [0.2, 0.25) is 0 Å². The minimum absolute atomic E-state index is 0.126. The number of aromatic nitrogens is 1. The molecule has 0 bridgehead atoms. The van der Waals surface area contributed by atoms with Crippen LogP contribution in [0.1, 0.15) is 53.1 Å². The molecule has 0 unspecified atom stereocenters. The molecule has 0 N–H and O–H groups in total. The van der Waals surface area contributed by atoms with Crippen molar-refractivity contribution in [1.29, 1.82) is 0 Å². The Hall–Kier alpha value is -1.96. The monoisotopic (exact) mass is 429 g/mol. The third-order valence-electron chi connectivity index (χ3n) is 6.36. The van der Waals surface area contributed by atoms with E-state index in [0.29, 0.717) is 43.7 Å². The van der Waals surface area contributed by atoms with Gasteiger partial charge in [0.05, 0.1) is 11.4 Å². The maximum atomic E-state index is 12.9. The number of ketones is 1. The summed E-state index contributed by atoms with van der Waals surface area (Å²) in [4.78, 5) is 15.3. The van der Waals surface area contributed by atoms with Gasteiger partial charge in [-0.2, -0.15) is 4.31 Å². The van der Waals surface area contributed by atoms with E-state index in [9.17, 15) is 13.2 Å². The zero-order valence-electron chi connectivity index (χ0n) is 18.1. The highest BCUT2D eigenvalue weighted by Crippen LogP contribution is 2.38. The lowest BCUT2D eigenvalue weighted by molar-refractivity contribution is 0.0901. The predicted octanol–water partition coefficient (Wildman–Crippen LogP) is 3.19. The van der Waals surface area contributed by atoms with Gasteiger partial charge < -0.3 is 4.57 Å². The summed E-state index contributed by atoms with van der Waals surface area (Å²) in [6.45, 7) is 8.45. The molecule has 2 aromatic rings. The molecule has 1 saturated carbocycles. The second-order valence-corrected chi connectivity index (χ2v) is 10.4. The van der Waals surface area contributed by atoms with Crippen LogP contribution < -0.4 is 0 Å². The van der Waals surface area contributed by atoms with Crippen molar-refractivity contribution in [3.8, 4) is 0 Å². The van der Waals surface area contributed by atoms with E-state index in [1.807, 2.05) is 32.0 Å².